The Morgan fingerprint density at radius 1 is 1.31 bits per heavy atom. The Morgan fingerprint density at radius 3 is 2.44 bits per heavy atom. The van der Waals surface area contributed by atoms with Gasteiger partial charge in [0.05, 0.1) is 5.92 Å². The van der Waals surface area contributed by atoms with E-state index in [9.17, 15) is 9.59 Å². The van der Waals surface area contributed by atoms with Gasteiger partial charge in [0.15, 0.2) is 0 Å². The molecule has 1 fully saturated rings. The molecule has 0 N–H and O–H groups in total. The average Bonchev–Trinajstić information content (AvgIpc) is 2.15. The Morgan fingerprint density at radius 2 is 1.94 bits per heavy atom. The van der Waals surface area contributed by atoms with E-state index < -0.39 is 5.60 Å². The molecule has 1 unspecified atom stereocenters. The van der Waals surface area contributed by atoms with Crippen LogP contribution in [-0.2, 0) is 14.3 Å². The fraction of sp³-hybridized carbons (Fsp3) is 0.833. The van der Waals surface area contributed by atoms with Gasteiger partial charge in [-0.15, -0.1) is 0 Å². The highest BCUT2D eigenvalue weighted by Gasteiger charge is 2.30. The Hall–Kier alpha value is -1.06. The summed E-state index contributed by atoms with van der Waals surface area (Å²) >= 11 is 0. The van der Waals surface area contributed by atoms with Gasteiger partial charge in [0.25, 0.3) is 0 Å². The largest absolute Gasteiger partial charge is 0.460 e. The van der Waals surface area contributed by atoms with Crippen molar-refractivity contribution in [2.45, 2.75) is 46.1 Å². The number of hydrogen-bond donors (Lipinski definition) is 0. The molecular formula is C12H21NO3. The van der Waals surface area contributed by atoms with Crippen LogP contribution in [-0.4, -0.2) is 35.5 Å². The maximum absolute atomic E-state index is 11.8. The minimum Gasteiger partial charge on any atom is -0.460 e. The number of amides is 1. The van der Waals surface area contributed by atoms with Gasteiger partial charge in [-0.05, 0) is 33.6 Å². The summed E-state index contributed by atoms with van der Waals surface area (Å²) in [5.74, 6) is -0.302. The summed E-state index contributed by atoms with van der Waals surface area (Å²) in [5, 5.41) is 0. The van der Waals surface area contributed by atoms with Crippen molar-refractivity contribution in [3.8, 4) is 0 Å². The zero-order chi connectivity index (χ0) is 12.3. The van der Waals surface area contributed by atoms with Crippen molar-refractivity contribution in [3.63, 3.8) is 0 Å². The second kappa shape index (κ2) is 4.85. The molecule has 0 spiro atoms. The van der Waals surface area contributed by atoms with Crippen LogP contribution in [0.15, 0.2) is 0 Å². The summed E-state index contributed by atoms with van der Waals surface area (Å²) in [4.78, 5) is 24.8. The van der Waals surface area contributed by atoms with Gasteiger partial charge in [0.1, 0.15) is 5.60 Å². The molecule has 0 bridgehead atoms. The number of carbonyl (C=O) groups is 2. The topological polar surface area (TPSA) is 46.6 Å². The van der Waals surface area contributed by atoms with E-state index in [4.69, 9.17) is 4.74 Å². The normalized spacial score (nSPS) is 21.8. The predicted molar refractivity (Wildman–Crippen MR) is 60.8 cm³/mol. The van der Waals surface area contributed by atoms with Crippen LogP contribution < -0.4 is 0 Å². The molecule has 92 valence electrons. The average molecular weight is 227 g/mol. The van der Waals surface area contributed by atoms with Gasteiger partial charge in [-0.1, -0.05) is 0 Å². The van der Waals surface area contributed by atoms with Crippen molar-refractivity contribution in [2.75, 3.05) is 13.1 Å². The Kier molecular flexibility index (Phi) is 3.94. The van der Waals surface area contributed by atoms with Gasteiger partial charge in [-0.25, -0.2) is 0 Å². The second-order valence-corrected chi connectivity index (χ2v) is 5.34. The molecule has 1 amide bonds. The lowest BCUT2D eigenvalue weighted by atomic mass is 9.98. The van der Waals surface area contributed by atoms with E-state index in [-0.39, 0.29) is 17.8 Å². The fourth-order valence-electron chi connectivity index (χ4n) is 1.84. The number of hydrogen-bond acceptors (Lipinski definition) is 3. The van der Waals surface area contributed by atoms with Gasteiger partial charge >= 0.3 is 5.97 Å². The zero-order valence-corrected chi connectivity index (χ0v) is 10.6. The molecule has 1 atom stereocenters. The second-order valence-electron chi connectivity index (χ2n) is 5.34. The quantitative estimate of drug-likeness (QED) is 0.639. The van der Waals surface area contributed by atoms with Gasteiger partial charge in [0.2, 0.25) is 5.91 Å². The molecule has 0 aromatic heterocycles. The first-order valence-electron chi connectivity index (χ1n) is 5.78. The third-order valence-electron chi connectivity index (χ3n) is 2.61. The maximum atomic E-state index is 11.8. The van der Waals surface area contributed by atoms with Gasteiger partial charge in [0, 0.05) is 20.0 Å². The van der Waals surface area contributed by atoms with E-state index in [1.807, 2.05) is 20.8 Å². The summed E-state index contributed by atoms with van der Waals surface area (Å²) in [6, 6.07) is 0. The lowest BCUT2D eigenvalue weighted by molar-refractivity contribution is -0.162. The van der Waals surface area contributed by atoms with Crippen molar-refractivity contribution in [3.05, 3.63) is 0 Å². The molecule has 4 heteroatoms. The fourth-order valence-corrected chi connectivity index (χ4v) is 1.84. The van der Waals surface area contributed by atoms with E-state index in [1.54, 1.807) is 4.90 Å². The number of esters is 1. The molecule has 1 rings (SSSR count). The summed E-state index contributed by atoms with van der Waals surface area (Å²) in [6.07, 6.45) is 1.70. The van der Waals surface area contributed by atoms with Crippen LogP contribution >= 0.6 is 0 Å². The Bertz CT molecular complexity index is 280. The molecule has 0 aromatic carbocycles. The molecule has 0 aromatic rings. The van der Waals surface area contributed by atoms with Crippen molar-refractivity contribution in [1.29, 1.82) is 0 Å². The van der Waals surface area contributed by atoms with E-state index in [0.717, 1.165) is 19.4 Å². The third kappa shape index (κ3) is 3.83. The molecule has 1 saturated heterocycles. The SMILES string of the molecule is CC(=O)N1CCCC(C(=O)OC(C)(C)C)C1. The van der Waals surface area contributed by atoms with E-state index in [2.05, 4.69) is 0 Å². The summed E-state index contributed by atoms with van der Waals surface area (Å²) < 4.78 is 5.33. The number of likely N-dealkylation sites (tertiary alicyclic amines) is 1. The molecule has 16 heavy (non-hydrogen) atoms. The summed E-state index contributed by atoms with van der Waals surface area (Å²) in [5.41, 5.74) is -0.449. The zero-order valence-electron chi connectivity index (χ0n) is 10.6. The number of ether oxygens (including phenoxy) is 1. The molecule has 1 aliphatic heterocycles. The standard InChI is InChI=1S/C12H21NO3/c1-9(14)13-7-5-6-10(8-13)11(15)16-12(2,3)4/h10H,5-8H2,1-4H3. The van der Waals surface area contributed by atoms with Crippen LogP contribution in [0, 0.1) is 5.92 Å². The van der Waals surface area contributed by atoms with Crippen LogP contribution in [0.25, 0.3) is 0 Å². The Labute approximate surface area is 96.9 Å². The van der Waals surface area contributed by atoms with E-state index in [0.29, 0.717) is 6.54 Å². The first kappa shape index (κ1) is 13.0. The van der Waals surface area contributed by atoms with Crippen molar-refractivity contribution >= 4 is 11.9 Å². The number of carbonyl (C=O) groups excluding carboxylic acids is 2. The lowest BCUT2D eigenvalue weighted by Crippen LogP contribution is -2.43. The van der Waals surface area contributed by atoms with E-state index >= 15 is 0 Å². The monoisotopic (exact) mass is 227 g/mol. The minimum absolute atomic E-state index is 0.0354. The number of rotatable bonds is 1. The van der Waals surface area contributed by atoms with Crippen molar-refractivity contribution in [1.82, 2.24) is 4.90 Å². The number of nitrogens with zero attached hydrogens (tertiary/aromatic N) is 1. The highest BCUT2D eigenvalue weighted by Crippen LogP contribution is 2.20. The van der Waals surface area contributed by atoms with Crippen LogP contribution in [0.4, 0.5) is 0 Å². The predicted octanol–water partition coefficient (Wildman–Crippen LogP) is 1.59. The third-order valence-corrected chi connectivity index (χ3v) is 2.61. The van der Waals surface area contributed by atoms with Gasteiger partial charge < -0.3 is 9.64 Å². The van der Waals surface area contributed by atoms with Crippen LogP contribution in [0.5, 0.6) is 0 Å². The molecular weight excluding hydrogens is 206 g/mol. The molecule has 4 nitrogen and oxygen atoms in total. The smallest absolute Gasteiger partial charge is 0.311 e. The number of piperidine rings is 1. The van der Waals surface area contributed by atoms with Gasteiger partial charge in [-0.3, -0.25) is 9.59 Å². The van der Waals surface area contributed by atoms with Crippen molar-refractivity contribution in [2.24, 2.45) is 5.92 Å². The summed E-state index contributed by atoms with van der Waals surface area (Å²) in [6.45, 7) is 8.37. The van der Waals surface area contributed by atoms with E-state index in [1.165, 1.54) is 6.92 Å². The summed E-state index contributed by atoms with van der Waals surface area (Å²) in [7, 11) is 0. The highest BCUT2D eigenvalue weighted by molar-refractivity contribution is 5.77. The van der Waals surface area contributed by atoms with Gasteiger partial charge in [-0.2, -0.15) is 0 Å². The van der Waals surface area contributed by atoms with Crippen LogP contribution in [0.1, 0.15) is 40.5 Å². The van der Waals surface area contributed by atoms with Crippen LogP contribution in [0.3, 0.4) is 0 Å². The minimum atomic E-state index is -0.449. The van der Waals surface area contributed by atoms with Crippen molar-refractivity contribution < 1.29 is 14.3 Å². The first-order chi connectivity index (χ1) is 7.29. The Balaban J connectivity index is 2.54. The molecule has 0 radical (unpaired) electrons. The molecule has 0 aliphatic carbocycles. The molecule has 1 heterocycles. The highest BCUT2D eigenvalue weighted by atomic mass is 16.6. The maximum Gasteiger partial charge on any atom is 0.311 e. The lowest BCUT2D eigenvalue weighted by Gasteiger charge is -2.32. The molecule has 1 aliphatic rings. The molecule has 0 saturated carbocycles. The first-order valence-corrected chi connectivity index (χ1v) is 5.78. The van der Waals surface area contributed by atoms with Crippen LogP contribution in [0.2, 0.25) is 0 Å².